The van der Waals surface area contributed by atoms with Crippen LogP contribution in [-0.2, 0) is 9.59 Å². The van der Waals surface area contributed by atoms with E-state index in [9.17, 15) is 19.8 Å². The summed E-state index contributed by atoms with van der Waals surface area (Å²) in [5.74, 6) is -2.13. The van der Waals surface area contributed by atoms with Gasteiger partial charge >= 0.3 is 5.97 Å². The first-order chi connectivity index (χ1) is 9.69. The van der Waals surface area contributed by atoms with Crippen molar-refractivity contribution in [1.29, 1.82) is 0 Å². The van der Waals surface area contributed by atoms with Crippen molar-refractivity contribution < 1.29 is 19.8 Å². The molecule has 3 atom stereocenters. The molecule has 5 nitrogen and oxygen atoms in total. The molecule has 2 N–H and O–H groups in total. The number of hydrogen-bond donors (Lipinski definition) is 2. The lowest BCUT2D eigenvalue weighted by Crippen LogP contribution is -2.32. The fourth-order valence-electron chi connectivity index (χ4n) is 3.02. The van der Waals surface area contributed by atoms with Crippen LogP contribution in [0.3, 0.4) is 0 Å². The van der Waals surface area contributed by atoms with Crippen molar-refractivity contribution >= 4 is 11.9 Å². The first-order valence-electron chi connectivity index (χ1n) is 6.97. The number of para-hydroxylation sites is 1. The van der Waals surface area contributed by atoms with E-state index in [2.05, 4.69) is 0 Å². The Morgan fingerprint density at radius 1 is 1.24 bits per heavy atom. The minimum atomic E-state index is -0.929. The molecule has 1 aromatic carbocycles. The summed E-state index contributed by atoms with van der Waals surface area (Å²) in [5, 5.41) is 19.1. The Morgan fingerprint density at radius 3 is 2.29 bits per heavy atom. The topological polar surface area (TPSA) is 77.8 Å². The third kappa shape index (κ3) is 2.48. The summed E-state index contributed by atoms with van der Waals surface area (Å²) in [4.78, 5) is 25.3. The first kappa shape index (κ1) is 15.4. The van der Waals surface area contributed by atoms with Crippen LogP contribution in [0, 0.1) is 17.3 Å². The summed E-state index contributed by atoms with van der Waals surface area (Å²) in [5.41, 5.74) is 0.133. The predicted molar refractivity (Wildman–Crippen MR) is 77.7 cm³/mol. The molecular formula is C16H21NO4. The molecule has 21 heavy (non-hydrogen) atoms. The molecule has 3 unspecified atom stereocenters. The lowest BCUT2D eigenvalue weighted by molar-refractivity contribution is -0.142. The van der Waals surface area contributed by atoms with E-state index >= 15 is 0 Å². The molecule has 0 saturated heterocycles. The van der Waals surface area contributed by atoms with E-state index < -0.39 is 23.2 Å². The lowest BCUT2D eigenvalue weighted by atomic mass is 10.0. The quantitative estimate of drug-likeness (QED) is 0.892. The second-order valence-corrected chi connectivity index (χ2v) is 6.30. The van der Waals surface area contributed by atoms with Crippen molar-refractivity contribution in [3.63, 3.8) is 0 Å². The molecule has 0 aliphatic heterocycles. The largest absolute Gasteiger partial charge is 0.508 e. The number of carboxylic acid groups (broad SMARTS) is 1. The van der Waals surface area contributed by atoms with Crippen molar-refractivity contribution in [2.75, 3.05) is 7.05 Å². The standard InChI is InChI=1S/C16H21NO4/c1-9(10-7-5-6-8-11(10)18)17(4)14(19)12-13(15(20)21)16(12,2)3/h5-9,12-13,18H,1-4H3,(H,20,21). The molecule has 114 valence electrons. The van der Waals surface area contributed by atoms with Crippen LogP contribution in [0.2, 0.25) is 0 Å². The van der Waals surface area contributed by atoms with Gasteiger partial charge in [-0.15, -0.1) is 0 Å². The summed E-state index contributed by atoms with van der Waals surface area (Å²) in [6.07, 6.45) is 0. The molecule has 0 radical (unpaired) electrons. The number of aromatic hydroxyl groups is 1. The SMILES string of the molecule is CC(c1ccccc1O)N(C)C(=O)C1C(C(=O)O)C1(C)C. The van der Waals surface area contributed by atoms with Gasteiger partial charge in [0.15, 0.2) is 0 Å². The van der Waals surface area contributed by atoms with E-state index in [0.29, 0.717) is 5.56 Å². The fraction of sp³-hybridized carbons (Fsp3) is 0.500. The molecule has 1 saturated carbocycles. The number of rotatable bonds is 4. The normalized spacial score (nSPS) is 24.2. The number of aliphatic carboxylic acids is 1. The van der Waals surface area contributed by atoms with Gasteiger partial charge in [-0.3, -0.25) is 9.59 Å². The third-order valence-electron chi connectivity index (χ3n) is 4.67. The van der Waals surface area contributed by atoms with Crippen LogP contribution >= 0.6 is 0 Å². The average Bonchev–Trinajstić information content (AvgIpc) is 3.00. The Bertz CT molecular complexity index is 581. The molecule has 0 aromatic heterocycles. The number of phenolic OH excluding ortho intramolecular Hbond substituents is 1. The van der Waals surface area contributed by atoms with E-state index in [1.807, 2.05) is 6.92 Å². The Hall–Kier alpha value is -2.04. The van der Waals surface area contributed by atoms with Gasteiger partial charge in [0, 0.05) is 12.6 Å². The van der Waals surface area contributed by atoms with Crippen LogP contribution in [0.4, 0.5) is 0 Å². The number of carbonyl (C=O) groups is 2. The van der Waals surface area contributed by atoms with Gasteiger partial charge in [-0.25, -0.2) is 0 Å². The highest BCUT2D eigenvalue weighted by Gasteiger charge is 2.66. The highest BCUT2D eigenvalue weighted by atomic mass is 16.4. The molecule has 1 amide bonds. The second-order valence-electron chi connectivity index (χ2n) is 6.30. The molecule has 0 heterocycles. The zero-order chi connectivity index (χ0) is 15.9. The van der Waals surface area contributed by atoms with Crippen molar-refractivity contribution in [1.82, 2.24) is 4.90 Å². The van der Waals surface area contributed by atoms with Gasteiger partial charge in [-0.2, -0.15) is 0 Å². The molecule has 1 aromatic rings. The molecule has 1 aliphatic carbocycles. The number of phenols is 1. The van der Waals surface area contributed by atoms with E-state index in [-0.39, 0.29) is 17.7 Å². The number of benzene rings is 1. The van der Waals surface area contributed by atoms with Gasteiger partial charge in [0.05, 0.1) is 17.9 Å². The number of carboxylic acids is 1. The molecule has 2 rings (SSSR count). The monoisotopic (exact) mass is 291 g/mol. The maximum Gasteiger partial charge on any atom is 0.307 e. The zero-order valence-electron chi connectivity index (χ0n) is 12.7. The highest BCUT2D eigenvalue weighted by molar-refractivity contribution is 5.91. The van der Waals surface area contributed by atoms with Crippen LogP contribution in [0.25, 0.3) is 0 Å². The molecule has 0 bridgehead atoms. The van der Waals surface area contributed by atoms with Crippen LogP contribution in [-0.4, -0.2) is 34.0 Å². The van der Waals surface area contributed by atoms with E-state index in [4.69, 9.17) is 0 Å². The van der Waals surface area contributed by atoms with E-state index in [1.54, 1.807) is 45.2 Å². The summed E-state index contributed by atoms with van der Waals surface area (Å²) in [6, 6.07) is 6.54. The van der Waals surface area contributed by atoms with Gasteiger partial charge in [-0.1, -0.05) is 32.0 Å². The molecule has 1 aliphatic rings. The van der Waals surface area contributed by atoms with Gasteiger partial charge in [-0.05, 0) is 18.4 Å². The molecule has 5 heteroatoms. The lowest BCUT2D eigenvalue weighted by Gasteiger charge is -2.26. The van der Waals surface area contributed by atoms with Crippen LogP contribution < -0.4 is 0 Å². The first-order valence-corrected chi connectivity index (χ1v) is 6.97. The minimum Gasteiger partial charge on any atom is -0.508 e. The summed E-state index contributed by atoms with van der Waals surface area (Å²) in [6.45, 7) is 5.41. The van der Waals surface area contributed by atoms with E-state index in [1.165, 1.54) is 4.90 Å². The number of amides is 1. The van der Waals surface area contributed by atoms with Crippen molar-refractivity contribution in [3.8, 4) is 5.75 Å². The van der Waals surface area contributed by atoms with Crippen LogP contribution in [0.5, 0.6) is 5.75 Å². The minimum absolute atomic E-state index is 0.134. The molecule has 0 spiro atoms. The predicted octanol–water partition coefficient (Wildman–Crippen LogP) is 2.27. The maximum absolute atomic E-state index is 12.5. The third-order valence-corrected chi connectivity index (χ3v) is 4.67. The maximum atomic E-state index is 12.5. The van der Waals surface area contributed by atoms with Gasteiger partial charge < -0.3 is 15.1 Å². The highest BCUT2D eigenvalue weighted by Crippen LogP contribution is 2.59. The Morgan fingerprint density at radius 2 is 1.81 bits per heavy atom. The summed E-state index contributed by atoms with van der Waals surface area (Å²) >= 11 is 0. The van der Waals surface area contributed by atoms with Crippen LogP contribution in [0.1, 0.15) is 32.4 Å². The summed E-state index contributed by atoms with van der Waals surface area (Å²) in [7, 11) is 1.65. The van der Waals surface area contributed by atoms with Gasteiger partial charge in [0.2, 0.25) is 5.91 Å². The average molecular weight is 291 g/mol. The van der Waals surface area contributed by atoms with Crippen molar-refractivity contribution in [2.24, 2.45) is 17.3 Å². The Kier molecular flexibility index (Phi) is 3.70. The molecule has 1 fully saturated rings. The smallest absolute Gasteiger partial charge is 0.307 e. The Labute approximate surface area is 124 Å². The van der Waals surface area contributed by atoms with Crippen molar-refractivity contribution in [2.45, 2.75) is 26.8 Å². The van der Waals surface area contributed by atoms with Gasteiger partial charge in [0.25, 0.3) is 0 Å². The van der Waals surface area contributed by atoms with E-state index in [0.717, 1.165) is 0 Å². The number of nitrogens with zero attached hydrogens (tertiary/aromatic N) is 1. The second kappa shape index (κ2) is 5.06. The molecular weight excluding hydrogens is 270 g/mol. The number of hydrogen-bond acceptors (Lipinski definition) is 3. The summed E-state index contributed by atoms with van der Waals surface area (Å²) < 4.78 is 0. The fourth-order valence-corrected chi connectivity index (χ4v) is 3.02. The zero-order valence-corrected chi connectivity index (χ0v) is 12.7. The Balaban J connectivity index is 2.18. The van der Waals surface area contributed by atoms with Gasteiger partial charge in [0.1, 0.15) is 5.75 Å². The van der Waals surface area contributed by atoms with Crippen LogP contribution in [0.15, 0.2) is 24.3 Å². The number of carbonyl (C=O) groups excluding carboxylic acids is 1. The van der Waals surface area contributed by atoms with Crippen molar-refractivity contribution in [3.05, 3.63) is 29.8 Å².